The smallest absolute Gasteiger partial charge is 0.108 e. The number of aryl methyl sites for hydroxylation is 1. The maximum absolute atomic E-state index is 4.47. The second-order valence-electron chi connectivity index (χ2n) is 6.74. The molecule has 1 N–H and O–H groups in total. The maximum atomic E-state index is 4.47. The number of imidazole rings is 1. The lowest BCUT2D eigenvalue weighted by Gasteiger charge is -2.26. The molecule has 102 valence electrons. The van der Waals surface area contributed by atoms with Gasteiger partial charge in [0.1, 0.15) is 5.82 Å². The molecule has 0 bridgehead atoms. The molecule has 0 saturated heterocycles. The molecule has 1 saturated carbocycles. The molecule has 0 radical (unpaired) electrons. The maximum Gasteiger partial charge on any atom is 0.108 e. The van der Waals surface area contributed by atoms with E-state index in [4.69, 9.17) is 0 Å². The molecule has 2 atom stereocenters. The lowest BCUT2D eigenvalue weighted by molar-refractivity contribution is 0.313. The summed E-state index contributed by atoms with van der Waals surface area (Å²) in [5.41, 5.74) is 0.233. The molecule has 1 aromatic heterocycles. The van der Waals surface area contributed by atoms with E-state index >= 15 is 0 Å². The lowest BCUT2D eigenvalue weighted by Crippen LogP contribution is -2.40. The molecule has 0 aromatic carbocycles. The summed E-state index contributed by atoms with van der Waals surface area (Å²) in [6.07, 6.45) is 9.21. The molecule has 1 aliphatic carbocycles. The summed E-state index contributed by atoms with van der Waals surface area (Å²) in [6, 6.07) is 0. The molecule has 3 nitrogen and oxygen atoms in total. The summed E-state index contributed by atoms with van der Waals surface area (Å²) in [4.78, 5) is 4.47. The Morgan fingerprint density at radius 3 is 2.67 bits per heavy atom. The van der Waals surface area contributed by atoms with Crippen LogP contribution in [0.5, 0.6) is 0 Å². The summed E-state index contributed by atoms with van der Waals surface area (Å²) in [5.74, 6) is 2.87. The monoisotopic (exact) mass is 249 g/mol. The Kier molecular flexibility index (Phi) is 4.10. The van der Waals surface area contributed by atoms with E-state index in [1.165, 1.54) is 25.1 Å². The van der Waals surface area contributed by atoms with E-state index in [0.29, 0.717) is 0 Å². The number of nitrogens with one attached hydrogen (secondary N) is 1. The highest BCUT2D eigenvalue weighted by atomic mass is 15.0. The van der Waals surface area contributed by atoms with Crippen molar-refractivity contribution in [3.8, 4) is 0 Å². The minimum Gasteiger partial charge on any atom is -0.338 e. The van der Waals surface area contributed by atoms with Crippen LogP contribution in [0.15, 0.2) is 12.4 Å². The topological polar surface area (TPSA) is 29.9 Å². The zero-order valence-electron chi connectivity index (χ0n) is 12.2. The highest BCUT2D eigenvalue weighted by molar-refractivity contribution is 4.95. The first-order valence-corrected chi connectivity index (χ1v) is 7.17. The van der Waals surface area contributed by atoms with Gasteiger partial charge in [0.2, 0.25) is 0 Å². The number of rotatable bonds is 4. The van der Waals surface area contributed by atoms with Crippen molar-refractivity contribution in [2.75, 3.05) is 6.54 Å². The molecule has 1 aliphatic rings. The summed E-state index contributed by atoms with van der Waals surface area (Å²) >= 11 is 0. The average molecular weight is 249 g/mol. The van der Waals surface area contributed by atoms with Gasteiger partial charge in [-0.15, -0.1) is 0 Å². The number of nitrogens with zero attached hydrogens (tertiary/aromatic N) is 2. The largest absolute Gasteiger partial charge is 0.338 e. The molecule has 0 aliphatic heterocycles. The Morgan fingerprint density at radius 2 is 2.06 bits per heavy atom. The van der Waals surface area contributed by atoms with E-state index in [-0.39, 0.29) is 5.54 Å². The minimum atomic E-state index is 0.233. The fraction of sp³-hybridized carbons (Fsp3) is 0.800. The van der Waals surface area contributed by atoms with Crippen LogP contribution in [0.2, 0.25) is 0 Å². The first-order chi connectivity index (χ1) is 8.46. The Labute approximate surface area is 111 Å². The van der Waals surface area contributed by atoms with Crippen LogP contribution in [0.3, 0.4) is 0 Å². The number of hydrogen-bond acceptors (Lipinski definition) is 2. The predicted octanol–water partition coefficient (Wildman–Crippen LogP) is 2.77. The van der Waals surface area contributed by atoms with Crippen molar-refractivity contribution in [2.24, 2.45) is 18.9 Å². The summed E-state index contributed by atoms with van der Waals surface area (Å²) in [5, 5.41) is 3.66. The standard InChI is InChI=1S/C15H27N3/c1-15(2,3)17-11-13-7-5-6-12(13)10-14-16-8-9-18(14)4/h8-9,12-13,17H,5-7,10-11H2,1-4H3. The molecule has 2 rings (SSSR count). The third-order valence-corrected chi connectivity index (χ3v) is 4.08. The lowest BCUT2D eigenvalue weighted by atomic mass is 9.91. The van der Waals surface area contributed by atoms with Crippen molar-refractivity contribution in [3.63, 3.8) is 0 Å². The van der Waals surface area contributed by atoms with Gasteiger partial charge in [-0.3, -0.25) is 0 Å². The van der Waals surface area contributed by atoms with E-state index in [0.717, 1.165) is 24.8 Å². The molecule has 1 aromatic rings. The average Bonchev–Trinajstić information content (AvgIpc) is 2.86. The first kappa shape index (κ1) is 13.6. The van der Waals surface area contributed by atoms with E-state index in [9.17, 15) is 0 Å². The van der Waals surface area contributed by atoms with Crippen molar-refractivity contribution in [1.82, 2.24) is 14.9 Å². The van der Waals surface area contributed by atoms with Crippen LogP contribution in [0.25, 0.3) is 0 Å². The Balaban J connectivity index is 1.90. The fourth-order valence-electron chi connectivity index (χ4n) is 2.92. The van der Waals surface area contributed by atoms with Gasteiger partial charge in [0.15, 0.2) is 0 Å². The second-order valence-corrected chi connectivity index (χ2v) is 6.74. The van der Waals surface area contributed by atoms with Crippen LogP contribution >= 0.6 is 0 Å². The first-order valence-electron chi connectivity index (χ1n) is 7.17. The molecule has 18 heavy (non-hydrogen) atoms. The predicted molar refractivity (Wildman–Crippen MR) is 75.5 cm³/mol. The molecule has 2 unspecified atom stereocenters. The van der Waals surface area contributed by atoms with E-state index < -0.39 is 0 Å². The van der Waals surface area contributed by atoms with Crippen molar-refractivity contribution in [3.05, 3.63) is 18.2 Å². The van der Waals surface area contributed by atoms with Gasteiger partial charge in [-0.05, 0) is 52.0 Å². The zero-order chi connectivity index (χ0) is 13.2. The van der Waals surface area contributed by atoms with Gasteiger partial charge in [0.05, 0.1) is 0 Å². The van der Waals surface area contributed by atoms with Crippen LogP contribution in [0, 0.1) is 11.8 Å². The van der Waals surface area contributed by atoms with Crippen molar-refractivity contribution < 1.29 is 0 Å². The van der Waals surface area contributed by atoms with Crippen LogP contribution in [-0.2, 0) is 13.5 Å². The minimum absolute atomic E-state index is 0.233. The van der Waals surface area contributed by atoms with Crippen LogP contribution < -0.4 is 5.32 Å². The molecule has 3 heteroatoms. The molecular weight excluding hydrogens is 222 g/mol. The Bertz CT molecular complexity index is 375. The van der Waals surface area contributed by atoms with Crippen LogP contribution in [0.1, 0.15) is 45.9 Å². The summed E-state index contributed by atoms with van der Waals surface area (Å²) in [7, 11) is 2.10. The van der Waals surface area contributed by atoms with Crippen molar-refractivity contribution in [1.29, 1.82) is 0 Å². The zero-order valence-corrected chi connectivity index (χ0v) is 12.2. The molecule has 1 heterocycles. The molecular formula is C15H27N3. The van der Waals surface area contributed by atoms with Gasteiger partial charge in [0, 0.05) is 31.4 Å². The highest BCUT2D eigenvalue weighted by Crippen LogP contribution is 2.33. The van der Waals surface area contributed by atoms with Gasteiger partial charge >= 0.3 is 0 Å². The van der Waals surface area contributed by atoms with Gasteiger partial charge in [-0.1, -0.05) is 6.42 Å². The summed E-state index contributed by atoms with van der Waals surface area (Å²) in [6.45, 7) is 7.89. The third-order valence-electron chi connectivity index (χ3n) is 4.08. The fourth-order valence-corrected chi connectivity index (χ4v) is 2.92. The van der Waals surface area contributed by atoms with Gasteiger partial charge in [0.25, 0.3) is 0 Å². The normalized spacial score (nSPS) is 24.7. The van der Waals surface area contributed by atoms with Crippen LogP contribution in [-0.4, -0.2) is 21.6 Å². The van der Waals surface area contributed by atoms with E-state index in [1.807, 2.05) is 12.4 Å². The second kappa shape index (κ2) is 5.43. The summed E-state index contributed by atoms with van der Waals surface area (Å²) < 4.78 is 2.16. The third kappa shape index (κ3) is 3.58. The number of aromatic nitrogens is 2. The van der Waals surface area contributed by atoms with Gasteiger partial charge in [-0.25, -0.2) is 4.98 Å². The van der Waals surface area contributed by atoms with E-state index in [1.54, 1.807) is 0 Å². The van der Waals surface area contributed by atoms with Gasteiger partial charge in [-0.2, -0.15) is 0 Å². The molecule has 1 fully saturated rings. The van der Waals surface area contributed by atoms with Crippen molar-refractivity contribution >= 4 is 0 Å². The van der Waals surface area contributed by atoms with Gasteiger partial charge < -0.3 is 9.88 Å². The number of hydrogen-bond donors (Lipinski definition) is 1. The highest BCUT2D eigenvalue weighted by Gasteiger charge is 2.29. The molecule has 0 spiro atoms. The Morgan fingerprint density at radius 1 is 1.33 bits per heavy atom. The SMILES string of the molecule is Cn1ccnc1CC1CCCC1CNC(C)(C)C. The van der Waals surface area contributed by atoms with Crippen LogP contribution in [0.4, 0.5) is 0 Å². The molecule has 0 amide bonds. The van der Waals surface area contributed by atoms with E-state index in [2.05, 4.69) is 42.7 Å². The Hall–Kier alpha value is -0.830. The van der Waals surface area contributed by atoms with Crippen molar-refractivity contribution in [2.45, 2.75) is 52.0 Å². The quantitative estimate of drug-likeness (QED) is 0.889.